The zero-order valence-corrected chi connectivity index (χ0v) is 15.4. The fraction of sp³-hybridized carbons (Fsp3) is 0.556. The first-order valence-electron chi connectivity index (χ1n) is 8.77. The Labute approximate surface area is 154 Å². The van der Waals surface area contributed by atoms with Crippen LogP contribution in [0.3, 0.4) is 0 Å². The molecule has 1 aromatic rings. The number of piperazine rings is 1. The standard InChI is InChI=1S/C18H27ClN4O2/c1-14(24)22-17(15-3-5-16(19)6-4-15)13-18(25)21-7-2-10-23-11-8-20-9-12-23/h3-6,17,20H,2,7-13H2,1H3,(H,21,25)(H,22,24). The van der Waals surface area contributed by atoms with Crippen molar-refractivity contribution in [1.82, 2.24) is 20.9 Å². The summed E-state index contributed by atoms with van der Waals surface area (Å²) in [7, 11) is 0. The Kier molecular flexibility index (Phi) is 8.18. The molecule has 0 radical (unpaired) electrons. The molecule has 1 heterocycles. The molecule has 6 nitrogen and oxygen atoms in total. The number of carbonyl (C=O) groups excluding carboxylic acids is 2. The Balaban J connectivity index is 1.76. The first-order valence-corrected chi connectivity index (χ1v) is 9.15. The maximum Gasteiger partial charge on any atom is 0.222 e. The van der Waals surface area contributed by atoms with Crippen LogP contribution in [0.5, 0.6) is 0 Å². The average molecular weight is 367 g/mol. The summed E-state index contributed by atoms with van der Waals surface area (Å²) < 4.78 is 0. The molecule has 138 valence electrons. The lowest BCUT2D eigenvalue weighted by Crippen LogP contribution is -2.44. The fourth-order valence-corrected chi connectivity index (χ4v) is 3.04. The normalized spacial score (nSPS) is 16.2. The summed E-state index contributed by atoms with van der Waals surface area (Å²) in [6.07, 6.45) is 1.15. The minimum Gasteiger partial charge on any atom is -0.356 e. The van der Waals surface area contributed by atoms with E-state index in [2.05, 4.69) is 20.9 Å². The number of rotatable bonds is 8. The summed E-state index contributed by atoms with van der Waals surface area (Å²) in [5.41, 5.74) is 0.871. The minimum atomic E-state index is -0.345. The van der Waals surface area contributed by atoms with Crippen molar-refractivity contribution in [3.8, 4) is 0 Å². The van der Waals surface area contributed by atoms with E-state index in [0.29, 0.717) is 11.6 Å². The first kappa shape index (κ1) is 19.7. The summed E-state index contributed by atoms with van der Waals surface area (Å²) >= 11 is 5.90. The lowest BCUT2D eigenvalue weighted by atomic mass is 10.0. The maximum atomic E-state index is 12.2. The maximum absolute atomic E-state index is 12.2. The van der Waals surface area contributed by atoms with Crippen LogP contribution in [0.1, 0.15) is 31.4 Å². The third kappa shape index (κ3) is 7.42. The largest absolute Gasteiger partial charge is 0.356 e. The van der Waals surface area contributed by atoms with Gasteiger partial charge in [0, 0.05) is 44.7 Å². The molecule has 0 aliphatic carbocycles. The van der Waals surface area contributed by atoms with Gasteiger partial charge in [0.25, 0.3) is 0 Å². The molecule has 0 bridgehead atoms. The summed E-state index contributed by atoms with van der Waals surface area (Å²) in [5, 5.41) is 9.73. The highest BCUT2D eigenvalue weighted by molar-refractivity contribution is 6.30. The number of nitrogens with zero attached hydrogens (tertiary/aromatic N) is 1. The molecular weight excluding hydrogens is 340 g/mol. The van der Waals surface area contributed by atoms with Gasteiger partial charge in [0.05, 0.1) is 12.5 Å². The average Bonchev–Trinajstić information content (AvgIpc) is 2.59. The van der Waals surface area contributed by atoms with Crippen LogP contribution in [-0.4, -0.2) is 56.0 Å². The van der Waals surface area contributed by atoms with Crippen LogP contribution in [0.25, 0.3) is 0 Å². The Morgan fingerprint density at radius 1 is 1.24 bits per heavy atom. The van der Waals surface area contributed by atoms with Gasteiger partial charge in [-0.25, -0.2) is 0 Å². The van der Waals surface area contributed by atoms with Crippen LogP contribution in [0.2, 0.25) is 5.02 Å². The van der Waals surface area contributed by atoms with E-state index in [1.165, 1.54) is 6.92 Å². The quantitative estimate of drug-likeness (QED) is 0.607. The Morgan fingerprint density at radius 2 is 1.92 bits per heavy atom. The second-order valence-corrected chi connectivity index (χ2v) is 6.74. The van der Waals surface area contributed by atoms with Crippen LogP contribution in [0.15, 0.2) is 24.3 Å². The molecule has 2 rings (SSSR count). The van der Waals surface area contributed by atoms with E-state index < -0.39 is 0 Å². The molecule has 1 saturated heterocycles. The van der Waals surface area contributed by atoms with Crippen LogP contribution in [0.4, 0.5) is 0 Å². The lowest BCUT2D eigenvalue weighted by Gasteiger charge is -2.27. The van der Waals surface area contributed by atoms with Gasteiger partial charge < -0.3 is 20.9 Å². The van der Waals surface area contributed by atoms with Crippen molar-refractivity contribution in [3.05, 3.63) is 34.9 Å². The number of halogens is 1. The van der Waals surface area contributed by atoms with Crippen molar-refractivity contribution >= 4 is 23.4 Å². The monoisotopic (exact) mass is 366 g/mol. The summed E-state index contributed by atoms with van der Waals surface area (Å²) in [6, 6.07) is 6.85. The molecule has 1 fully saturated rings. The van der Waals surface area contributed by atoms with Crippen molar-refractivity contribution in [2.75, 3.05) is 39.3 Å². The highest BCUT2D eigenvalue weighted by atomic mass is 35.5. The van der Waals surface area contributed by atoms with Gasteiger partial charge in [0.15, 0.2) is 0 Å². The highest BCUT2D eigenvalue weighted by Crippen LogP contribution is 2.19. The third-order valence-corrected chi connectivity index (χ3v) is 4.47. The number of nitrogens with one attached hydrogen (secondary N) is 3. The van der Waals surface area contributed by atoms with Gasteiger partial charge >= 0.3 is 0 Å². The summed E-state index contributed by atoms with van der Waals surface area (Å²) in [6.45, 7) is 7.29. The molecule has 0 aromatic heterocycles. The predicted molar refractivity (Wildman–Crippen MR) is 99.6 cm³/mol. The zero-order chi connectivity index (χ0) is 18.1. The van der Waals surface area contributed by atoms with Crippen molar-refractivity contribution < 1.29 is 9.59 Å². The van der Waals surface area contributed by atoms with Crippen LogP contribution < -0.4 is 16.0 Å². The van der Waals surface area contributed by atoms with Gasteiger partial charge in [-0.15, -0.1) is 0 Å². The molecule has 3 N–H and O–H groups in total. The van der Waals surface area contributed by atoms with E-state index in [1.54, 1.807) is 12.1 Å². The summed E-state index contributed by atoms with van der Waals surface area (Å²) in [4.78, 5) is 26.0. The van der Waals surface area contributed by atoms with E-state index in [0.717, 1.165) is 44.7 Å². The van der Waals surface area contributed by atoms with Crippen molar-refractivity contribution in [1.29, 1.82) is 0 Å². The van der Waals surface area contributed by atoms with E-state index in [9.17, 15) is 9.59 Å². The van der Waals surface area contributed by atoms with Gasteiger partial charge in [-0.2, -0.15) is 0 Å². The molecule has 1 aliphatic rings. The van der Waals surface area contributed by atoms with Gasteiger partial charge in [-0.05, 0) is 30.7 Å². The van der Waals surface area contributed by atoms with Crippen molar-refractivity contribution in [2.45, 2.75) is 25.8 Å². The van der Waals surface area contributed by atoms with Crippen molar-refractivity contribution in [3.63, 3.8) is 0 Å². The number of benzene rings is 1. The molecular formula is C18H27ClN4O2. The molecule has 0 saturated carbocycles. The number of amides is 2. The van der Waals surface area contributed by atoms with Gasteiger partial charge in [0.2, 0.25) is 11.8 Å². The summed E-state index contributed by atoms with van der Waals surface area (Å²) in [5.74, 6) is -0.222. The molecule has 2 amide bonds. The highest BCUT2D eigenvalue weighted by Gasteiger charge is 2.17. The predicted octanol–water partition coefficient (Wildman–Crippen LogP) is 1.32. The second-order valence-electron chi connectivity index (χ2n) is 6.30. The molecule has 1 atom stereocenters. The fourth-order valence-electron chi connectivity index (χ4n) is 2.92. The van der Waals surface area contributed by atoms with Crippen LogP contribution >= 0.6 is 11.6 Å². The molecule has 1 aromatic carbocycles. The Bertz CT molecular complexity index is 559. The van der Waals surface area contributed by atoms with E-state index >= 15 is 0 Å². The van der Waals surface area contributed by atoms with Crippen LogP contribution in [-0.2, 0) is 9.59 Å². The molecule has 1 unspecified atom stereocenters. The number of hydrogen-bond acceptors (Lipinski definition) is 4. The zero-order valence-electron chi connectivity index (χ0n) is 14.7. The second kappa shape index (κ2) is 10.4. The van der Waals surface area contributed by atoms with Gasteiger partial charge in [-0.3, -0.25) is 9.59 Å². The minimum absolute atomic E-state index is 0.0611. The van der Waals surface area contributed by atoms with Crippen LogP contribution in [0, 0.1) is 0 Å². The third-order valence-electron chi connectivity index (χ3n) is 4.22. The SMILES string of the molecule is CC(=O)NC(CC(=O)NCCCN1CCNCC1)c1ccc(Cl)cc1. The van der Waals surface area contributed by atoms with Crippen molar-refractivity contribution in [2.24, 2.45) is 0 Å². The number of hydrogen-bond donors (Lipinski definition) is 3. The lowest BCUT2D eigenvalue weighted by molar-refractivity contribution is -0.122. The molecule has 7 heteroatoms. The van der Waals surface area contributed by atoms with E-state index in [4.69, 9.17) is 11.6 Å². The Morgan fingerprint density at radius 3 is 2.56 bits per heavy atom. The smallest absolute Gasteiger partial charge is 0.222 e. The Hall–Kier alpha value is -1.63. The molecule has 0 spiro atoms. The first-order chi connectivity index (χ1) is 12.0. The number of carbonyl (C=O) groups is 2. The van der Waals surface area contributed by atoms with E-state index in [1.807, 2.05) is 12.1 Å². The van der Waals surface area contributed by atoms with Gasteiger partial charge in [0.1, 0.15) is 0 Å². The molecule has 25 heavy (non-hydrogen) atoms. The van der Waals surface area contributed by atoms with E-state index in [-0.39, 0.29) is 24.3 Å². The van der Waals surface area contributed by atoms with Gasteiger partial charge in [-0.1, -0.05) is 23.7 Å². The molecule has 1 aliphatic heterocycles. The topological polar surface area (TPSA) is 73.5 Å².